The minimum Gasteiger partial charge on any atom is -0.290 e. The third-order valence-electron chi connectivity index (χ3n) is 4.14. The predicted octanol–water partition coefficient (Wildman–Crippen LogP) is 4.79. The second-order valence-corrected chi connectivity index (χ2v) is 6.28. The summed E-state index contributed by atoms with van der Waals surface area (Å²) < 4.78 is 77.9. The van der Waals surface area contributed by atoms with Gasteiger partial charge < -0.3 is 0 Å². The highest BCUT2D eigenvalue weighted by molar-refractivity contribution is 5.82. The van der Waals surface area contributed by atoms with Crippen molar-refractivity contribution in [3.63, 3.8) is 0 Å². The summed E-state index contributed by atoms with van der Waals surface area (Å²) in [5, 5.41) is 12.8. The summed E-state index contributed by atoms with van der Waals surface area (Å²) in [7, 11) is 0. The second-order valence-electron chi connectivity index (χ2n) is 6.28. The third kappa shape index (κ3) is 4.94. The number of hydrazone groups is 1. The van der Waals surface area contributed by atoms with Crippen LogP contribution < -0.4 is 11.0 Å². The van der Waals surface area contributed by atoms with E-state index in [0.29, 0.717) is 23.9 Å². The van der Waals surface area contributed by atoms with Gasteiger partial charge in [-0.05, 0) is 12.1 Å². The number of H-pyrrole nitrogens is 1. The van der Waals surface area contributed by atoms with E-state index in [0.717, 1.165) is 0 Å². The average molecular weight is 451 g/mol. The van der Waals surface area contributed by atoms with Crippen molar-refractivity contribution in [1.29, 1.82) is 5.26 Å². The van der Waals surface area contributed by atoms with Crippen molar-refractivity contribution in [2.24, 2.45) is 5.10 Å². The smallest absolute Gasteiger partial charge is 0.290 e. The van der Waals surface area contributed by atoms with Gasteiger partial charge in [0.25, 0.3) is 5.56 Å². The van der Waals surface area contributed by atoms with Gasteiger partial charge in [0.15, 0.2) is 0 Å². The quantitative estimate of drug-likeness (QED) is 0.339. The van der Waals surface area contributed by atoms with Gasteiger partial charge in [-0.1, -0.05) is 36.4 Å². The van der Waals surface area contributed by atoms with E-state index in [1.807, 2.05) is 0 Å². The van der Waals surface area contributed by atoms with Crippen LogP contribution in [-0.2, 0) is 12.4 Å². The van der Waals surface area contributed by atoms with E-state index in [1.165, 1.54) is 0 Å². The molecule has 0 spiro atoms. The van der Waals surface area contributed by atoms with E-state index in [-0.39, 0.29) is 23.3 Å². The average Bonchev–Trinajstić information content (AvgIpc) is 2.72. The molecule has 0 atom stereocenters. The Bertz CT molecular complexity index is 1260. The molecule has 0 aliphatic carbocycles. The van der Waals surface area contributed by atoms with Crippen LogP contribution in [0.3, 0.4) is 0 Å². The van der Waals surface area contributed by atoms with Crippen LogP contribution in [0.1, 0.15) is 22.3 Å². The minimum absolute atomic E-state index is 0.0139. The molecular formula is C20H11F6N5O. The molecular weight excluding hydrogens is 440 g/mol. The predicted molar refractivity (Wildman–Crippen MR) is 103 cm³/mol. The van der Waals surface area contributed by atoms with Crippen LogP contribution in [0.2, 0.25) is 0 Å². The summed E-state index contributed by atoms with van der Waals surface area (Å²) >= 11 is 0. The number of rotatable bonds is 4. The largest absolute Gasteiger partial charge is 0.417 e. The number of benzene rings is 2. The highest BCUT2D eigenvalue weighted by Crippen LogP contribution is 2.36. The molecule has 0 saturated carbocycles. The number of anilines is 1. The van der Waals surface area contributed by atoms with Crippen LogP contribution in [0.5, 0.6) is 0 Å². The van der Waals surface area contributed by atoms with E-state index >= 15 is 0 Å². The number of aromatic amines is 1. The molecule has 0 aliphatic heterocycles. The molecule has 164 valence electrons. The first-order chi connectivity index (χ1) is 15.0. The number of hydrogen-bond donors (Lipinski definition) is 2. The first-order valence-corrected chi connectivity index (χ1v) is 8.68. The van der Waals surface area contributed by atoms with Crippen LogP contribution in [0, 0.1) is 11.3 Å². The number of nitrogens with zero attached hydrogens (tertiary/aromatic N) is 3. The Labute approximate surface area is 175 Å². The topological polar surface area (TPSA) is 93.9 Å². The lowest BCUT2D eigenvalue weighted by Crippen LogP contribution is -2.16. The van der Waals surface area contributed by atoms with Gasteiger partial charge in [-0.2, -0.15) is 36.7 Å². The van der Waals surface area contributed by atoms with E-state index in [4.69, 9.17) is 0 Å². The van der Waals surface area contributed by atoms with Crippen LogP contribution in [0.4, 0.5) is 32.3 Å². The second kappa shape index (κ2) is 8.54. The molecule has 12 heteroatoms. The number of halogens is 6. The van der Waals surface area contributed by atoms with Crippen molar-refractivity contribution in [2.75, 3.05) is 5.43 Å². The zero-order valence-corrected chi connectivity index (χ0v) is 15.7. The Balaban J connectivity index is 1.95. The summed E-state index contributed by atoms with van der Waals surface area (Å²) in [6.07, 6.45) is -9.37. The first kappa shape index (κ1) is 22.5. The molecule has 32 heavy (non-hydrogen) atoms. The lowest BCUT2D eigenvalue weighted by atomic mass is 10.0. The maximum absolute atomic E-state index is 13.2. The Kier molecular flexibility index (Phi) is 6.02. The van der Waals surface area contributed by atoms with Crippen LogP contribution in [0.25, 0.3) is 11.3 Å². The van der Waals surface area contributed by atoms with Crippen LogP contribution >= 0.6 is 0 Å². The normalized spacial score (nSPS) is 12.0. The molecule has 1 aromatic heterocycles. The van der Waals surface area contributed by atoms with Crippen molar-refractivity contribution < 1.29 is 26.3 Å². The molecule has 0 fully saturated rings. The van der Waals surface area contributed by atoms with Gasteiger partial charge in [0.05, 0.1) is 23.0 Å². The third-order valence-corrected chi connectivity index (χ3v) is 4.14. The van der Waals surface area contributed by atoms with Crippen molar-refractivity contribution in [1.82, 2.24) is 9.97 Å². The number of nitriles is 1. The van der Waals surface area contributed by atoms with Gasteiger partial charge in [0.1, 0.15) is 11.6 Å². The Morgan fingerprint density at radius 1 is 1.03 bits per heavy atom. The number of alkyl halides is 6. The maximum atomic E-state index is 13.2. The van der Waals surface area contributed by atoms with Gasteiger partial charge in [-0.25, -0.2) is 10.4 Å². The highest BCUT2D eigenvalue weighted by atomic mass is 19.4. The summed E-state index contributed by atoms with van der Waals surface area (Å²) in [6.45, 7) is 0. The molecule has 0 bridgehead atoms. The van der Waals surface area contributed by atoms with Crippen LogP contribution in [0.15, 0.2) is 58.4 Å². The molecule has 3 aromatic rings. The highest BCUT2D eigenvalue weighted by Gasteiger charge is 2.37. The zero-order chi connectivity index (χ0) is 23.5. The molecule has 0 amide bonds. The SMILES string of the molecule is N#Cc1c(-c2ccccc2)nc(NN=Cc2ccc(C(F)(F)F)cc2C(F)(F)F)[nH]c1=O. The van der Waals surface area contributed by atoms with Crippen molar-refractivity contribution in [3.05, 3.63) is 81.1 Å². The number of nitrogens with one attached hydrogen (secondary N) is 2. The summed E-state index contributed by atoms with van der Waals surface area (Å²) in [4.78, 5) is 18.4. The zero-order valence-electron chi connectivity index (χ0n) is 15.7. The Morgan fingerprint density at radius 2 is 1.72 bits per heavy atom. The molecule has 2 N–H and O–H groups in total. The lowest BCUT2D eigenvalue weighted by Gasteiger charge is -2.13. The molecule has 0 radical (unpaired) electrons. The molecule has 3 rings (SSSR count). The van der Waals surface area contributed by atoms with E-state index in [1.54, 1.807) is 36.4 Å². The van der Waals surface area contributed by atoms with Gasteiger partial charge >= 0.3 is 12.4 Å². The van der Waals surface area contributed by atoms with Gasteiger partial charge in [0.2, 0.25) is 5.95 Å². The van der Waals surface area contributed by atoms with Crippen molar-refractivity contribution >= 4 is 12.2 Å². The van der Waals surface area contributed by atoms with Crippen molar-refractivity contribution in [2.45, 2.75) is 12.4 Å². The monoisotopic (exact) mass is 451 g/mol. The molecule has 0 saturated heterocycles. The fraction of sp³-hybridized carbons (Fsp3) is 0.100. The summed E-state index contributed by atoms with van der Waals surface area (Å²) in [5.41, 5.74) is -2.07. The molecule has 1 heterocycles. The van der Waals surface area contributed by atoms with Crippen LogP contribution in [-0.4, -0.2) is 16.2 Å². The standard InChI is InChI=1S/C20H11F6N5O/c21-19(22,23)13-7-6-12(15(8-13)20(24,25)26)10-28-31-18-29-16(11-4-2-1-3-5-11)14(9-27)17(32)30-18/h1-8,10H,(H2,29,30,31,32). The van der Waals surface area contributed by atoms with E-state index in [9.17, 15) is 36.4 Å². The van der Waals surface area contributed by atoms with Gasteiger partial charge in [0, 0.05) is 11.1 Å². The fourth-order valence-corrected chi connectivity index (χ4v) is 2.69. The molecule has 0 aliphatic rings. The Morgan fingerprint density at radius 3 is 2.31 bits per heavy atom. The molecule has 0 unspecified atom stereocenters. The van der Waals surface area contributed by atoms with Gasteiger partial charge in [-0.3, -0.25) is 9.78 Å². The number of hydrogen-bond acceptors (Lipinski definition) is 5. The van der Waals surface area contributed by atoms with Crippen molar-refractivity contribution in [3.8, 4) is 17.3 Å². The minimum atomic E-state index is -5.07. The fourth-order valence-electron chi connectivity index (χ4n) is 2.69. The summed E-state index contributed by atoms with van der Waals surface area (Å²) in [5.74, 6) is -0.287. The summed E-state index contributed by atoms with van der Waals surface area (Å²) in [6, 6.07) is 11.0. The first-order valence-electron chi connectivity index (χ1n) is 8.68. The maximum Gasteiger partial charge on any atom is 0.417 e. The lowest BCUT2D eigenvalue weighted by molar-refractivity contribution is -0.143. The van der Waals surface area contributed by atoms with Gasteiger partial charge in [-0.15, -0.1) is 0 Å². The molecule has 2 aromatic carbocycles. The molecule has 6 nitrogen and oxygen atoms in total. The number of aromatic nitrogens is 2. The Hall–Kier alpha value is -4.14. The van der Waals surface area contributed by atoms with E-state index < -0.39 is 34.6 Å². The van der Waals surface area contributed by atoms with E-state index in [2.05, 4.69) is 20.5 Å².